The fourth-order valence-electron chi connectivity index (χ4n) is 6.20. The van der Waals surface area contributed by atoms with E-state index in [0.29, 0.717) is 5.56 Å². The number of nitrogens with one attached hydrogen (secondary N) is 2. The van der Waals surface area contributed by atoms with Gasteiger partial charge in [-0.25, -0.2) is 4.79 Å². The highest BCUT2D eigenvalue weighted by molar-refractivity contribution is 6.10. The van der Waals surface area contributed by atoms with Gasteiger partial charge in [0, 0.05) is 48.7 Å². The number of benzene rings is 3. The summed E-state index contributed by atoms with van der Waals surface area (Å²) in [4.78, 5) is 38.9. The summed E-state index contributed by atoms with van der Waals surface area (Å²) < 4.78 is 37.2. The first kappa shape index (κ1) is 31.8. The van der Waals surface area contributed by atoms with E-state index in [2.05, 4.69) is 45.7 Å². The maximum Gasteiger partial charge on any atom is 0.490 e. The lowest BCUT2D eigenvalue weighted by molar-refractivity contribution is -0.192. The molecule has 3 aromatic carbocycles. The normalized spacial score (nSPS) is 20.6. The number of amides is 2. The number of ether oxygens (including phenoxy) is 1. The van der Waals surface area contributed by atoms with Crippen LogP contribution in [0.3, 0.4) is 0 Å². The highest BCUT2D eigenvalue weighted by Gasteiger charge is 2.65. The number of carboxylic acids is 1. The van der Waals surface area contributed by atoms with E-state index in [-0.39, 0.29) is 17.7 Å². The van der Waals surface area contributed by atoms with E-state index in [9.17, 15) is 22.8 Å². The van der Waals surface area contributed by atoms with E-state index >= 15 is 0 Å². The minimum atomic E-state index is -5.08. The van der Waals surface area contributed by atoms with Gasteiger partial charge in [0.25, 0.3) is 5.91 Å². The van der Waals surface area contributed by atoms with Crippen molar-refractivity contribution in [1.29, 1.82) is 0 Å². The topological polar surface area (TPSA) is 128 Å². The number of methoxy groups -OCH3 is 1. The highest BCUT2D eigenvalue weighted by Crippen LogP contribution is 2.65. The van der Waals surface area contributed by atoms with Crippen molar-refractivity contribution in [2.24, 2.45) is 0 Å². The molecule has 1 spiro atoms. The van der Waals surface area contributed by atoms with E-state index in [1.54, 1.807) is 7.11 Å². The molecule has 2 fully saturated rings. The number of carbonyl (C=O) groups is 3. The zero-order valence-electron chi connectivity index (χ0n) is 25.6. The Kier molecular flexibility index (Phi) is 8.26. The molecule has 4 aromatic rings. The van der Waals surface area contributed by atoms with Gasteiger partial charge in [0.2, 0.25) is 5.91 Å². The third-order valence-corrected chi connectivity index (χ3v) is 8.96. The van der Waals surface area contributed by atoms with Crippen LogP contribution in [0.4, 0.5) is 18.9 Å². The van der Waals surface area contributed by atoms with Gasteiger partial charge in [0.1, 0.15) is 5.75 Å². The van der Waals surface area contributed by atoms with Crippen molar-refractivity contribution in [2.45, 2.75) is 23.9 Å². The van der Waals surface area contributed by atoms with Gasteiger partial charge in [0.15, 0.2) is 0 Å². The minimum Gasteiger partial charge on any atom is -0.497 e. The van der Waals surface area contributed by atoms with Gasteiger partial charge in [-0.1, -0.05) is 30.3 Å². The molecule has 244 valence electrons. The molecule has 10 nitrogen and oxygen atoms in total. The summed E-state index contributed by atoms with van der Waals surface area (Å²) in [6.45, 7) is 3.35. The molecule has 47 heavy (non-hydrogen) atoms. The number of carbonyl (C=O) groups excluding carboxylic acids is 2. The molecule has 2 atom stereocenters. The number of aromatic nitrogens is 2. The molecule has 2 amide bonds. The van der Waals surface area contributed by atoms with Crippen LogP contribution in [0, 0.1) is 0 Å². The summed E-state index contributed by atoms with van der Waals surface area (Å²) in [5.41, 5.74) is 6.00. The fourth-order valence-corrected chi connectivity index (χ4v) is 6.20. The van der Waals surface area contributed by atoms with Crippen molar-refractivity contribution in [3.63, 3.8) is 0 Å². The zero-order chi connectivity index (χ0) is 33.5. The Labute approximate surface area is 267 Å². The van der Waals surface area contributed by atoms with Gasteiger partial charge in [0.05, 0.1) is 23.7 Å². The Bertz CT molecular complexity index is 1880. The number of alkyl halides is 3. The third-order valence-electron chi connectivity index (χ3n) is 8.96. The van der Waals surface area contributed by atoms with Crippen molar-refractivity contribution in [3.05, 3.63) is 88.6 Å². The second kappa shape index (κ2) is 12.2. The Morgan fingerprint density at radius 1 is 1.02 bits per heavy atom. The summed E-state index contributed by atoms with van der Waals surface area (Å²) in [5.74, 6) is -1.73. The van der Waals surface area contributed by atoms with Crippen LogP contribution in [0.1, 0.15) is 45.1 Å². The first-order valence-corrected chi connectivity index (χ1v) is 14.9. The summed E-state index contributed by atoms with van der Waals surface area (Å²) in [7, 11) is 3.73. The van der Waals surface area contributed by atoms with Crippen LogP contribution in [-0.4, -0.2) is 89.4 Å². The molecule has 1 saturated heterocycles. The SMILES string of the molecule is COc1ccc2c(c1)[C@]1(C[C@H]1c1ccc3c(/C=C/c4ccc(C(=O)N5CCN(C)CC5)cc4)n[nH]c3c1)C(=O)N2.O=C(O)C(F)(F)F. The molecule has 0 bridgehead atoms. The molecule has 13 heteroatoms. The Morgan fingerprint density at radius 2 is 1.72 bits per heavy atom. The number of hydrogen-bond acceptors (Lipinski definition) is 6. The van der Waals surface area contributed by atoms with E-state index < -0.39 is 17.6 Å². The number of fused-ring (bicyclic) bond motifs is 3. The first-order chi connectivity index (χ1) is 22.4. The van der Waals surface area contributed by atoms with Gasteiger partial charge in [-0.15, -0.1) is 0 Å². The van der Waals surface area contributed by atoms with Crippen LogP contribution in [0.2, 0.25) is 0 Å². The van der Waals surface area contributed by atoms with Crippen LogP contribution >= 0.6 is 0 Å². The average Bonchev–Trinajstić information content (AvgIpc) is 3.60. The summed E-state index contributed by atoms with van der Waals surface area (Å²) in [6.07, 6.45) is -0.309. The monoisotopic (exact) mass is 647 g/mol. The van der Waals surface area contributed by atoms with Crippen molar-refractivity contribution < 1.29 is 37.4 Å². The second-order valence-corrected chi connectivity index (χ2v) is 11.9. The maximum atomic E-state index is 13.0. The van der Waals surface area contributed by atoms with Crippen LogP contribution in [0.15, 0.2) is 60.7 Å². The van der Waals surface area contributed by atoms with Crippen molar-refractivity contribution in [1.82, 2.24) is 20.0 Å². The number of piperazine rings is 1. The zero-order valence-corrected chi connectivity index (χ0v) is 25.6. The third kappa shape index (κ3) is 6.18. The number of carboxylic acid groups (broad SMARTS) is 1. The maximum absolute atomic E-state index is 13.0. The summed E-state index contributed by atoms with van der Waals surface area (Å²) in [6, 6.07) is 19.8. The van der Waals surface area contributed by atoms with Crippen LogP contribution in [0.5, 0.6) is 5.75 Å². The molecule has 1 aliphatic carbocycles. The minimum absolute atomic E-state index is 0.0605. The number of halogens is 3. The smallest absolute Gasteiger partial charge is 0.490 e. The summed E-state index contributed by atoms with van der Waals surface area (Å²) >= 11 is 0. The highest BCUT2D eigenvalue weighted by atomic mass is 19.4. The number of H-pyrrole nitrogens is 1. The van der Waals surface area contributed by atoms with Crippen molar-refractivity contribution >= 4 is 46.5 Å². The average molecular weight is 648 g/mol. The van der Waals surface area contributed by atoms with Gasteiger partial charge < -0.3 is 25.0 Å². The predicted molar refractivity (Wildman–Crippen MR) is 169 cm³/mol. The predicted octanol–water partition coefficient (Wildman–Crippen LogP) is 5.14. The Balaban J connectivity index is 0.000000499. The van der Waals surface area contributed by atoms with Crippen molar-refractivity contribution in [3.8, 4) is 5.75 Å². The molecule has 3 heterocycles. The van der Waals surface area contributed by atoms with E-state index in [4.69, 9.17) is 14.6 Å². The number of likely N-dealkylation sites (N-methyl/N-ethyl adjacent to an activating group) is 1. The van der Waals surface area contributed by atoms with Crippen LogP contribution in [-0.2, 0) is 15.0 Å². The molecular weight excluding hydrogens is 615 g/mol. The number of aromatic amines is 1. The van der Waals surface area contributed by atoms with Gasteiger partial charge in [-0.05, 0) is 72.6 Å². The van der Waals surface area contributed by atoms with Gasteiger partial charge in [-0.3, -0.25) is 14.7 Å². The molecule has 0 radical (unpaired) electrons. The second-order valence-electron chi connectivity index (χ2n) is 11.9. The Hall–Kier alpha value is -5.17. The van der Waals surface area contributed by atoms with E-state index in [1.165, 1.54) is 0 Å². The lowest BCUT2D eigenvalue weighted by atomic mass is 9.91. The van der Waals surface area contributed by atoms with E-state index in [0.717, 1.165) is 77.3 Å². The number of rotatable bonds is 5. The molecule has 3 N–H and O–H groups in total. The molecule has 0 unspecified atom stereocenters. The number of anilines is 1. The number of nitrogens with zero attached hydrogens (tertiary/aromatic N) is 3. The fraction of sp³-hybridized carbons (Fsp3) is 0.294. The number of hydrogen-bond donors (Lipinski definition) is 3. The molecule has 3 aliphatic rings. The Morgan fingerprint density at radius 3 is 2.38 bits per heavy atom. The van der Waals surface area contributed by atoms with Gasteiger partial charge >= 0.3 is 12.1 Å². The van der Waals surface area contributed by atoms with E-state index in [1.807, 2.05) is 59.5 Å². The van der Waals surface area contributed by atoms with Crippen LogP contribution < -0.4 is 10.1 Å². The molecule has 2 aliphatic heterocycles. The van der Waals surface area contributed by atoms with Gasteiger partial charge in [-0.2, -0.15) is 18.3 Å². The molecule has 1 saturated carbocycles. The molecular formula is C34H32F3N5O5. The lowest BCUT2D eigenvalue weighted by Crippen LogP contribution is -2.47. The first-order valence-electron chi connectivity index (χ1n) is 14.9. The number of aliphatic carboxylic acids is 1. The lowest BCUT2D eigenvalue weighted by Gasteiger charge is -2.32. The van der Waals surface area contributed by atoms with Crippen LogP contribution in [0.25, 0.3) is 23.1 Å². The summed E-state index contributed by atoms with van der Waals surface area (Å²) in [5, 5.41) is 18.9. The quantitative estimate of drug-likeness (QED) is 0.274. The largest absolute Gasteiger partial charge is 0.497 e. The standard InChI is InChI=1S/C32H31N5O3.C2HF3O2/c1-36-13-15-37(16-14-36)30(38)21-6-3-20(4-7-21)5-11-27-24-10-8-22(17-29(24)35-34-27)26-19-32(26)25-18-23(40-2)9-12-28(25)33-31(32)39;3-2(4,5)1(6)7/h3-12,17-18,26H,13-16,19H2,1-2H3,(H,33,39)(H,34,35);(H,6,7)/b11-5+;/t26-,32-;/m0./s1. The molecule has 1 aromatic heterocycles. The molecule has 7 rings (SSSR count). The van der Waals surface area contributed by atoms with Crippen molar-refractivity contribution in [2.75, 3.05) is 45.7 Å².